The highest BCUT2D eigenvalue weighted by Crippen LogP contribution is 2.25. The predicted octanol–water partition coefficient (Wildman–Crippen LogP) is 2.46. The lowest BCUT2D eigenvalue weighted by Crippen LogP contribution is -2.29. The van der Waals surface area contributed by atoms with Crippen LogP contribution in [0.25, 0.3) is 6.08 Å². The van der Waals surface area contributed by atoms with Crippen molar-refractivity contribution in [1.82, 2.24) is 5.32 Å². The Balaban J connectivity index is 1.50. The molecular formula is C19H16FNO4. The summed E-state index contributed by atoms with van der Waals surface area (Å²) in [6.45, 7) is -0.318. The standard InChI is InChI=1S/C19H16FNO4/c20-16-7-3-1-6-14(16)10-21-18(22)12-25-19(23)15-9-13-5-2-4-8-17(13)24-11-15/h1-9H,10-12H2,(H,21,22). The second kappa shape index (κ2) is 7.61. The third-order valence-electron chi connectivity index (χ3n) is 3.66. The fourth-order valence-electron chi connectivity index (χ4n) is 2.34. The Morgan fingerprint density at radius 3 is 2.72 bits per heavy atom. The van der Waals surface area contributed by atoms with Crippen LogP contribution < -0.4 is 10.1 Å². The van der Waals surface area contributed by atoms with Crippen molar-refractivity contribution < 1.29 is 23.5 Å². The smallest absolute Gasteiger partial charge is 0.338 e. The van der Waals surface area contributed by atoms with Gasteiger partial charge in [0.2, 0.25) is 0 Å². The summed E-state index contributed by atoms with van der Waals surface area (Å²) >= 11 is 0. The number of ether oxygens (including phenoxy) is 2. The number of carbonyl (C=O) groups excluding carboxylic acids is 2. The highest BCUT2D eigenvalue weighted by Gasteiger charge is 2.19. The van der Waals surface area contributed by atoms with Crippen LogP contribution in [0.15, 0.2) is 54.1 Å². The zero-order chi connectivity index (χ0) is 17.6. The van der Waals surface area contributed by atoms with Crippen molar-refractivity contribution >= 4 is 18.0 Å². The van der Waals surface area contributed by atoms with E-state index in [2.05, 4.69) is 5.32 Å². The lowest BCUT2D eigenvalue weighted by Gasteiger charge is -2.16. The molecule has 0 spiro atoms. The van der Waals surface area contributed by atoms with Gasteiger partial charge in [0.05, 0.1) is 5.57 Å². The van der Waals surface area contributed by atoms with E-state index in [0.717, 1.165) is 5.56 Å². The molecule has 0 aliphatic carbocycles. The fraction of sp³-hybridized carbons (Fsp3) is 0.158. The zero-order valence-corrected chi connectivity index (χ0v) is 13.3. The summed E-state index contributed by atoms with van der Waals surface area (Å²) < 4.78 is 23.9. The number of amides is 1. The molecule has 0 radical (unpaired) electrons. The molecule has 1 N–H and O–H groups in total. The van der Waals surface area contributed by atoms with E-state index in [9.17, 15) is 14.0 Å². The van der Waals surface area contributed by atoms with Crippen LogP contribution in [-0.2, 0) is 20.9 Å². The molecule has 1 amide bonds. The van der Waals surface area contributed by atoms with Gasteiger partial charge in [-0.25, -0.2) is 9.18 Å². The first-order valence-corrected chi connectivity index (χ1v) is 7.73. The molecule has 3 rings (SSSR count). The van der Waals surface area contributed by atoms with Gasteiger partial charge >= 0.3 is 5.97 Å². The van der Waals surface area contributed by atoms with Gasteiger partial charge in [-0.1, -0.05) is 36.4 Å². The first-order chi connectivity index (χ1) is 12.1. The summed E-state index contributed by atoms with van der Waals surface area (Å²) in [5.41, 5.74) is 1.48. The van der Waals surface area contributed by atoms with E-state index in [1.165, 1.54) is 6.07 Å². The van der Waals surface area contributed by atoms with Crippen LogP contribution in [0, 0.1) is 5.82 Å². The van der Waals surface area contributed by atoms with Crippen molar-refractivity contribution in [3.8, 4) is 5.75 Å². The Labute approximate surface area is 144 Å². The average molecular weight is 341 g/mol. The molecule has 0 bridgehead atoms. The van der Waals surface area contributed by atoms with E-state index in [0.29, 0.717) is 16.9 Å². The quantitative estimate of drug-likeness (QED) is 0.849. The summed E-state index contributed by atoms with van der Waals surface area (Å²) in [4.78, 5) is 23.8. The molecule has 0 atom stereocenters. The van der Waals surface area contributed by atoms with E-state index in [-0.39, 0.29) is 13.2 Å². The highest BCUT2D eigenvalue weighted by atomic mass is 19.1. The molecule has 2 aromatic rings. The third-order valence-corrected chi connectivity index (χ3v) is 3.66. The molecule has 5 nitrogen and oxygen atoms in total. The molecule has 0 unspecified atom stereocenters. The largest absolute Gasteiger partial charge is 0.488 e. The van der Waals surface area contributed by atoms with Crippen molar-refractivity contribution in [3.05, 3.63) is 71.0 Å². The van der Waals surface area contributed by atoms with Gasteiger partial charge in [-0.3, -0.25) is 4.79 Å². The van der Waals surface area contributed by atoms with Gasteiger partial charge in [0.1, 0.15) is 18.2 Å². The topological polar surface area (TPSA) is 64.6 Å². The molecule has 6 heteroatoms. The number of benzene rings is 2. The Hall–Kier alpha value is -3.15. The summed E-state index contributed by atoms with van der Waals surface area (Å²) in [6, 6.07) is 13.4. The molecule has 128 valence electrons. The van der Waals surface area contributed by atoms with E-state index in [1.807, 2.05) is 24.3 Å². The van der Waals surface area contributed by atoms with Gasteiger partial charge in [0.15, 0.2) is 6.61 Å². The number of rotatable bonds is 5. The van der Waals surface area contributed by atoms with Crippen molar-refractivity contribution in [1.29, 1.82) is 0 Å². The minimum absolute atomic E-state index is 0.0300. The normalized spacial score (nSPS) is 12.4. The maximum Gasteiger partial charge on any atom is 0.338 e. The lowest BCUT2D eigenvalue weighted by atomic mass is 10.1. The molecule has 0 saturated carbocycles. The van der Waals surface area contributed by atoms with Gasteiger partial charge in [0, 0.05) is 17.7 Å². The highest BCUT2D eigenvalue weighted by molar-refractivity contribution is 5.96. The van der Waals surface area contributed by atoms with E-state index in [1.54, 1.807) is 24.3 Å². The number of esters is 1. The van der Waals surface area contributed by atoms with Crippen LogP contribution in [0.4, 0.5) is 4.39 Å². The van der Waals surface area contributed by atoms with Crippen LogP contribution >= 0.6 is 0 Å². The predicted molar refractivity (Wildman–Crippen MR) is 89.1 cm³/mol. The number of fused-ring (bicyclic) bond motifs is 1. The Morgan fingerprint density at radius 2 is 1.88 bits per heavy atom. The first-order valence-electron chi connectivity index (χ1n) is 7.73. The van der Waals surface area contributed by atoms with Crippen LogP contribution in [0.1, 0.15) is 11.1 Å². The lowest BCUT2D eigenvalue weighted by molar-refractivity contribution is -0.145. The third kappa shape index (κ3) is 4.23. The maximum atomic E-state index is 13.5. The van der Waals surface area contributed by atoms with E-state index < -0.39 is 24.3 Å². The molecule has 0 saturated heterocycles. The number of carbonyl (C=O) groups is 2. The summed E-state index contributed by atoms with van der Waals surface area (Å²) in [7, 11) is 0. The van der Waals surface area contributed by atoms with Crippen molar-refractivity contribution in [2.75, 3.05) is 13.2 Å². The molecule has 2 aromatic carbocycles. The maximum absolute atomic E-state index is 13.5. The Morgan fingerprint density at radius 1 is 1.12 bits per heavy atom. The number of halogens is 1. The number of para-hydroxylation sites is 1. The van der Waals surface area contributed by atoms with Crippen LogP contribution in [-0.4, -0.2) is 25.1 Å². The Kier molecular flexibility index (Phi) is 5.09. The SMILES string of the molecule is O=C(COC(=O)C1=Cc2ccccc2OC1)NCc1ccccc1F. The van der Waals surface area contributed by atoms with Crippen molar-refractivity contribution in [3.63, 3.8) is 0 Å². The molecule has 1 aliphatic heterocycles. The Bertz CT molecular complexity index is 832. The zero-order valence-electron chi connectivity index (χ0n) is 13.3. The van der Waals surface area contributed by atoms with E-state index in [4.69, 9.17) is 9.47 Å². The van der Waals surface area contributed by atoms with Gasteiger partial charge < -0.3 is 14.8 Å². The molecule has 25 heavy (non-hydrogen) atoms. The second-order valence-corrected chi connectivity index (χ2v) is 5.44. The van der Waals surface area contributed by atoms with Gasteiger partial charge in [-0.05, 0) is 18.2 Å². The summed E-state index contributed by atoms with van der Waals surface area (Å²) in [6.07, 6.45) is 1.68. The van der Waals surface area contributed by atoms with E-state index >= 15 is 0 Å². The number of hydrogen-bond acceptors (Lipinski definition) is 4. The second-order valence-electron chi connectivity index (χ2n) is 5.44. The first kappa shape index (κ1) is 16.7. The summed E-state index contributed by atoms with van der Waals surface area (Å²) in [5, 5.41) is 2.51. The van der Waals surface area contributed by atoms with Crippen molar-refractivity contribution in [2.24, 2.45) is 0 Å². The number of hydrogen-bond donors (Lipinski definition) is 1. The molecular weight excluding hydrogens is 325 g/mol. The summed E-state index contributed by atoms with van der Waals surface area (Å²) in [5.74, 6) is -0.825. The van der Waals surface area contributed by atoms with Gasteiger partial charge in [0.25, 0.3) is 5.91 Å². The monoisotopic (exact) mass is 341 g/mol. The number of nitrogens with one attached hydrogen (secondary N) is 1. The minimum atomic E-state index is -0.615. The molecule has 0 aromatic heterocycles. The average Bonchev–Trinajstić information content (AvgIpc) is 2.65. The van der Waals surface area contributed by atoms with Crippen LogP contribution in [0.3, 0.4) is 0 Å². The van der Waals surface area contributed by atoms with Gasteiger partial charge in [-0.2, -0.15) is 0 Å². The molecule has 0 fully saturated rings. The van der Waals surface area contributed by atoms with Crippen LogP contribution in [0.2, 0.25) is 0 Å². The minimum Gasteiger partial charge on any atom is -0.488 e. The molecule has 1 aliphatic rings. The molecule has 1 heterocycles. The van der Waals surface area contributed by atoms with Crippen molar-refractivity contribution in [2.45, 2.75) is 6.54 Å². The fourth-order valence-corrected chi connectivity index (χ4v) is 2.34. The van der Waals surface area contributed by atoms with Gasteiger partial charge in [-0.15, -0.1) is 0 Å². The van der Waals surface area contributed by atoms with Crippen LogP contribution in [0.5, 0.6) is 5.75 Å².